The number of benzene rings is 2. The molecule has 0 saturated heterocycles. The lowest BCUT2D eigenvalue weighted by Crippen LogP contribution is -2.25. The standard InChI is InChI=1S/C26H26O8S/c1-2-3-4-5-6-9-17-33-22(27)15-16-23(28)34-35(31,32)21-14-10-13-20-24(21)26(30)19-12-8-7-11-18(19)25(20)29/h7-14,17H,2-6,15-16H2,1H3. The van der Waals surface area contributed by atoms with Crippen LogP contribution >= 0.6 is 0 Å². The lowest BCUT2D eigenvalue weighted by Gasteiger charge is -2.19. The van der Waals surface area contributed by atoms with E-state index in [0.717, 1.165) is 38.2 Å². The summed E-state index contributed by atoms with van der Waals surface area (Å²) in [5.41, 5.74) is -0.187. The van der Waals surface area contributed by atoms with E-state index < -0.39 is 44.9 Å². The fourth-order valence-electron chi connectivity index (χ4n) is 3.67. The van der Waals surface area contributed by atoms with Gasteiger partial charge in [-0.25, -0.2) is 0 Å². The van der Waals surface area contributed by atoms with Gasteiger partial charge in [-0.3, -0.25) is 19.2 Å². The van der Waals surface area contributed by atoms with Gasteiger partial charge in [0.1, 0.15) is 4.90 Å². The number of carbonyl (C=O) groups is 4. The Morgan fingerprint density at radius 3 is 2.20 bits per heavy atom. The van der Waals surface area contributed by atoms with Crippen molar-refractivity contribution < 1.29 is 36.5 Å². The first-order valence-corrected chi connectivity index (χ1v) is 12.8. The van der Waals surface area contributed by atoms with Crippen LogP contribution in [0.4, 0.5) is 0 Å². The van der Waals surface area contributed by atoms with Gasteiger partial charge in [-0.15, -0.1) is 0 Å². The van der Waals surface area contributed by atoms with Crippen LogP contribution < -0.4 is 0 Å². The van der Waals surface area contributed by atoms with Gasteiger partial charge >= 0.3 is 22.1 Å². The minimum Gasteiger partial charge on any atom is -0.435 e. The third-order valence-electron chi connectivity index (χ3n) is 5.44. The van der Waals surface area contributed by atoms with Crippen molar-refractivity contribution >= 4 is 33.6 Å². The van der Waals surface area contributed by atoms with Crippen molar-refractivity contribution in [2.75, 3.05) is 0 Å². The number of ether oxygens (including phenoxy) is 1. The quantitative estimate of drug-likeness (QED) is 0.164. The lowest BCUT2D eigenvalue weighted by atomic mass is 9.84. The zero-order valence-electron chi connectivity index (χ0n) is 19.3. The minimum absolute atomic E-state index is 0.0696. The van der Waals surface area contributed by atoms with E-state index in [-0.39, 0.29) is 28.7 Å². The van der Waals surface area contributed by atoms with Crippen LogP contribution in [0.5, 0.6) is 0 Å². The first-order valence-electron chi connectivity index (χ1n) is 11.4. The van der Waals surface area contributed by atoms with Crippen LogP contribution in [-0.4, -0.2) is 31.9 Å². The van der Waals surface area contributed by atoms with Crippen molar-refractivity contribution in [3.05, 3.63) is 77.1 Å². The maximum atomic E-state index is 13.0. The molecule has 0 spiro atoms. The fraction of sp³-hybridized carbons (Fsp3) is 0.308. The van der Waals surface area contributed by atoms with E-state index in [2.05, 4.69) is 11.1 Å². The van der Waals surface area contributed by atoms with Crippen LogP contribution in [0, 0.1) is 0 Å². The molecule has 0 unspecified atom stereocenters. The molecule has 2 aromatic rings. The normalized spacial score (nSPS) is 12.8. The highest BCUT2D eigenvalue weighted by Gasteiger charge is 2.36. The smallest absolute Gasteiger partial charge is 0.342 e. The Hall–Kier alpha value is -3.59. The fourth-order valence-corrected chi connectivity index (χ4v) is 4.79. The number of fused-ring (bicyclic) bond motifs is 2. The van der Waals surface area contributed by atoms with Crippen LogP contribution in [0.15, 0.2) is 59.7 Å². The number of allylic oxidation sites excluding steroid dienone is 1. The van der Waals surface area contributed by atoms with Crippen molar-refractivity contribution in [2.45, 2.75) is 56.8 Å². The molecule has 9 heteroatoms. The number of esters is 1. The molecular weight excluding hydrogens is 472 g/mol. The van der Waals surface area contributed by atoms with E-state index >= 15 is 0 Å². The molecule has 0 atom stereocenters. The van der Waals surface area contributed by atoms with E-state index in [9.17, 15) is 27.6 Å². The largest absolute Gasteiger partial charge is 0.435 e. The molecule has 2 aromatic carbocycles. The second kappa shape index (κ2) is 11.7. The van der Waals surface area contributed by atoms with E-state index in [1.54, 1.807) is 18.2 Å². The monoisotopic (exact) mass is 498 g/mol. The van der Waals surface area contributed by atoms with Gasteiger partial charge in [0.25, 0.3) is 0 Å². The Balaban J connectivity index is 1.63. The lowest BCUT2D eigenvalue weighted by molar-refractivity contribution is -0.142. The molecule has 184 valence electrons. The molecule has 0 bridgehead atoms. The third-order valence-corrected chi connectivity index (χ3v) is 6.72. The molecule has 0 fully saturated rings. The van der Waals surface area contributed by atoms with Gasteiger partial charge in [0.2, 0.25) is 0 Å². The van der Waals surface area contributed by atoms with E-state index in [1.165, 1.54) is 30.5 Å². The minimum atomic E-state index is -4.73. The molecule has 8 nitrogen and oxygen atoms in total. The Morgan fingerprint density at radius 1 is 0.829 bits per heavy atom. The summed E-state index contributed by atoms with van der Waals surface area (Å²) >= 11 is 0. The van der Waals surface area contributed by atoms with Crippen molar-refractivity contribution in [2.24, 2.45) is 0 Å². The van der Waals surface area contributed by atoms with E-state index in [1.807, 2.05) is 0 Å². The molecule has 0 saturated carbocycles. The van der Waals surface area contributed by atoms with Crippen LogP contribution in [0.2, 0.25) is 0 Å². The topological polar surface area (TPSA) is 121 Å². The summed E-state index contributed by atoms with van der Waals surface area (Å²) in [6.45, 7) is 2.11. The first-order chi connectivity index (χ1) is 16.8. The second-order valence-electron chi connectivity index (χ2n) is 8.00. The molecule has 35 heavy (non-hydrogen) atoms. The van der Waals surface area contributed by atoms with Crippen molar-refractivity contribution in [1.29, 1.82) is 0 Å². The summed E-state index contributed by atoms with van der Waals surface area (Å²) in [6.07, 6.45) is 7.15. The van der Waals surface area contributed by atoms with Crippen LogP contribution in [0.25, 0.3) is 0 Å². The summed E-state index contributed by atoms with van der Waals surface area (Å²) in [5, 5.41) is 0. The Labute approximate surface area is 204 Å². The number of rotatable bonds is 11. The summed E-state index contributed by atoms with van der Waals surface area (Å²) in [5.74, 6) is -3.05. The number of ketones is 2. The van der Waals surface area contributed by atoms with Crippen LogP contribution in [-0.2, 0) is 28.6 Å². The molecular formula is C26H26O8S. The second-order valence-corrected chi connectivity index (χ2v) is 9.52. The highest BCUT2D eigenvalue weighted by atomic mass is 32.2. The van der Waals surface area contributed by atoms with Gasteiger partial charge in [0.05, 0.1) is 24.7 Å². The molecule has 1 aliphatic carbocycles. The predicted molar refractivity (Wildman–Crippen MR) is 126 cm³/mol. The van der Waals surface area contributed by atoms with Crippen LogP contribution in [0.1, 0.15) is 83.7 Å². The zero-order valence-corrected chi connectivity index (χ0v) is 20.1. The zero-order chi connectivity index (χ0) is 25.4. The average Bonchev–Trinajstić information content (AvgIpc) is 2.84. The van der Waals surface area contributed by atoms with Gasteiger partial charge in [-0.1, -0.05) is 62.6 Å². The highest BCUT2D eigenvalue weighted by Crippen LogP contribution is 2.32. The Kier molecular flexibility index (Phi) is 8.70. The van der Waals surface area contributed by atoms with Crippen LogP contribution in [0.3, 0.4) is 0 Å². The number of hydrogen-bond donors (Lipinski definition) is 0. The predicted octanol–water partition coefficient (Wildman–Crippen LogP) is 4.50. The first kappa shape index (κ1) is 26.0. The number of unbranched alkanes of at least 4 members (excludes halogenated alkanes) is 4. The molecule has 0 heterocycles. The van der Waals surface area contributed by atoms with Gasteiger partial charge in [-0.2, -0.15) is 8.42 Å². The summed E-state index contributed by atoms with van der Waals surface area (Å²) in [4.78, 5) is 49.2. The van der Waals surface area contributed by atoms with E-state index in [4.69, 9.17) is 4.74 Å². The molecule has 3 rings (SSSR count). The molecule has 0 N–H and O–H groups in total. The van der Waals surface area contributed by atoms with Gasteiger partial charge in [-0.05, 0) is 25.0 Å². The van der Waals surface area contributed by atoms with Gasteiger partial charge in [0.15, 0.2) is 11.6 Å². The van der Waals surface area contributed by atoms with E-state index in [0.29, 0.717) is 0 Å². The molecule has 0 aliphatic heterocycles. The Morgan fingerprint density at radius 2 is 1.49 bits per heavy atom. The average molecular weight is 499 g/mol. The summed E-state index contributed by atoms with van der Waals surface area (Å²) in [7, 11) is -4.73. The SMILES string of the molecule is CCCCCCC=COC(=O)CCC(=O)OS(=O)(=O)c1cccc2c1C(=O)c1ccccc1C2=O. The van der Waals surface area contributed by atoms with Crippen molar-refractivity contribution in [3.8, 4) is 0 Å². The van der Waals surface area contributed by atoms with Gasteiger partial charge in [0, 0.05) is 16.7 Å². The molecule has 0 aromatic heterocycles. The highest BCUT2D eigenvalue weighted by molar-refractivity contribution is 7.87. The molecule has 1 aliphatic rings. The van der Waals surface area contributed by atoms with Crippen molar-refractivity contribution in [1.82, 2.24) is 0 Å². The van der Waals surface area contributed by atoms with Crippen molar-refractivity contribution in [3.63, 3.8) is 0 Å². The maximum Gasteiger partial charge on any atom is 0.342 e. The molecule has 0 radical (unpaired) electrons. The Bertz CT molecular complexity index is 1270. The van der Waals surface area contributed by atoms with Gasteiger partial charge < -0.3 is 8.92 Å². The summed E-state index contributed by atoms with van der Waals surface area (Å²) in [6, 6.07) is 9.82. The third kappa shape index (κ3) is 6.30. The number of carbonyl (C=O) groups excluding carboxylic acids is 4. The number of hydrogen-bond acceptors (Lipinski definition) is 8. The summed E-state index contributed by atoms with van der Waals surface area (Å²) < 4.78 is 35.1. The maximum absolute atomic E-state index is 13.0. The molecule has 0 amide bonds.